The van der Waals surface area contributed by atoms with Crippen molar-refractivity contribution >= 4 is 40.5 Å². The van der Waals surface area contributed by atoms with Crippen LogP contribution in [0, 0.1) is 0 Å². The molecule has 0 saturated carbocycles. The van der Waals surface area contributed by atoms with Crippen LogP contribution < -0.4 is 10.9 Å². The largest absolute Gasteiger partial charge is 0.394 e. The number of carbonyl (C=O) groups is 2. The summed E-state index contributed by atoms with van der Waals surface area (Å²) in [5.74, 6) is -1.21. The number of carbonyl (C=O) groups excluding carboxylic acids is 2. The Bertz CT molecular complexity index is 1500. The SMILES string of the molecule is O=C1c2cc3c(cc2C(=O)N1C(CO)CO)N=C(c1c(NC[C@@H](O)c2cccc(Cl)c2)cc[nH]c1=O)C3. The van der Waals surface area contributed by atoms with Crippen molar-refractivity contribution in [3.05, 3.63) is 91.9 Å². The minimum Gasteiger partial charge on any atom is -0.394 e. The maximum absolute atomic E-state index is 12.9. The summed E-state index contributed by atoms with van der Waals surface area (Å²) in [7, 11) is 0. The molecule has 2 aromatic carbocycles. The third-order valence-corrected chi connectivity index (χ3v) is 6.72. The molecule has 0 saturated heterocycles. The number of aliphatic imine (C=N–C) groups is 1. The fraction of sp³-hybridized carbons (Fsp3) is 0.231. The van der Waals surface area contributed by atoms with Gasteiger partial charge in [-0.3, -0.25) is 24.3 Å². The number of imide groups is 1. The lowest BCUT2D eigenvalue weighted by Gasteiger charge is -2.21. The molecule has 0 bridgehead atoms. The first-order chi connectivity index (χ1) is 17.8. The predicted octanol–water partition coefficient (Wildman–Crippen LogP) is 1.80. The molecule has 10 nitrogen and oxygen atoms in total. The van der Waals surface area contributed by atoms with Gasteiger partial charge in [0.1, 0.15) is 0 Å². The van der Waals surface area contributed by atoms with Crippen molar-refractivity contribution in [2.45, 2.75) is 18.6 Å². The van der Waals surface area contributed by atoms with Crippen LogP contribution in [0.4, 0.5) is 11.4 Å². The number of nitrogens with one attached hydrogen (secondary N) is 2. The van der Waals surface area contributed by atoms with Crippen LogP contribution in [0.15, 0.2) is 58.4 Å². The Morgan fingerprint density at radius 2 is 1.78 bits per heavy atom. The number of halogens is 1. The summed E-state index contributed by atoms with van der Waals surface area (Å²) in [4.78, 5) is 46.6. The van der Waals surface area contributed by atoms with E-state index >= 15 is 0 Å². The second kappa shape index (κ2) is 9.91. The molecular weight excluding hydrogens is 500 g/mol. The molecule has 5 rings (SSSR count). The van der Waals surface area contributed by atoms with Gasteiger partial charge in [-0.25, -0.2) is 0 Å². The normalized spacial score (nSPS) is 15.2. The van der Waals surface area contributed by atoms with Crippen LogP contribution in [-0.2, 0) is 6.42 Å². The zero-order valence-corrected chi connectivity index (χ0v) is 20.2. The number of hydrogen-bond donors (Lipinski definition) is 5. The van der Waals surface area contributed by atoms with E-state index in [9.17, 15) is 29.7 Å². The van der Waals surface area contributed by atoms with Gasteiger partial charge in [-0.15, -0.1) is 0 Å². The Morgan fingerprint density at radius 3 is 2.49 bits per heavy atom. The third-order valence-electron chi connectivity index (χ3n) is 6.49. The first kappa shape index (κ1) is 24.8. The number of fused-ring (bicyclic) bond motifs is 2. The molecule has 11 heteroatoms. The van der Waals surface area contributed by atoms with Gasteiger partial charge >= 0.3 is 0 Å². The Morgan fingerprint density at radius 1 is 1.05 bits per heavy atom. The summed E-state index contributed by atoms with van der Waals surface area (Å²) in [5.41, 5.74) is 2.85. The molecule has 0 radical (unpaired) electrons. The Balaban J connectivity index is 1.42. The van der Waals surface area contributed by atoms with Gasteiger partial charge in [0.2, 0.25) is 0 Å². The summed E-state index contributed by atoms with van der Waals surface area (Å²) in [6.07, 6.45) is 0.853. The van der Waals surface area contributed by atoms with Gasteiger partial charge in [0.05, 0.1) is 59.1 Å². The maximum atomic E-state index is 12.9. The quantitative estimate of drug-likeness (QED) is 0.282. The molecule has 37 heavy (non-hydrogen) atoms. The van der Waals surface area contributed by atoms with Crippen LogP contribution in [-0.4, -0.2) is 68.5 Å². The minimum absolute atomic E-state index is 0.112. The number of nitrogens with zero attached hydrogens (tertiary/aromatic N) is 2. The maximum Gasteiger partial charge on any atom is 0.262 e. The molecule has 0 unspecified atom stereocenters. The molecule has 2 aliphatic heterocycles. The van der Waals surface area contributed by atoms with Crippen LogP contribution in [0.5, 0.6) is 0 Å². The van der Waals surface area contributed by atoms with E-state index in [-0.39, 0.29) is 35.2 Å². The van der Waals surface area contributed by atoms with E-state index in [0.717, 1.165) is 4.90 Å². The summed E-state index contributed by atoms with van der Waals surface area (Å²) < 4.78 is 0. The summed E-state index contributed by atoms with van der Waals surface area (Å²) in [5, 5.41) is 33.1. The molecule has 2 amide bonds. The van der Waals surface area contributed by atoms with Gasteiger partial charge in [-0.05, 0) is 41.5 Å². The third kappa shape index (κ3) is 4.44. The van der Waals surface area contributed by atoms with Crippen LogP contribution >= 0.6 is 11.6 Å². The molecule has 190 valence electrons. The second-order valence-electron chi connectivity index (χ2n) is 8.81. The molecule has 1 aromatic heterocycles. The Hall–Kier alpha value is -3.83. The van der Waals surface area contributed by atoms with Crippen LogP contribution in [0.25, 0.3) is 0 Å². The first-order valence-electron chi connectivity index (χ1n) is 11.6. The second-order valence-corrected chi connectivity index (χ2v) is 9.24. The van der Waals surface area contributed by atoms with Crippen molar-refractivity contribution in [2.75, 3.05) is 25.1 Å². The number of amides is 2. The van der Waals surface area contributed by atoms with Gasteiger partial charge in [-0.2, -0.15) is 0 Å². The number of benzene rings is 2. The van der Waals surface area contributed by atoms with Crippen molar-refractivity contribution in [3.8, 4) is 0 Å². The number of anilines is 1. The topological polar surface area (TPSA) is 155 Å². The van der Waals surface area contributed by atoms with E-state index in [1.165, 1.54) is 12.3 Å². The molecule has 3 heterocycles. The number of aliphatic hydroxyl groups is 3. The molecule has 3 aromatic rings. The van der Waals surface area contributed by atoms with E-state index in [4.69, 9.17) is 11.6 Å². The number of hydrogen-bond acceptors (Lipinski definition) is 8. The van der Waals surface area contributed by atoms with E-state index in [2.05, 4.69) is 15.3 Å². The molecule has 1 atom stereocenters. The highest BCUT2D eigenvalue weighted by molar-refractivity contribution is 6.30. The smallest absolute Gasteiger partial charge is 0.262 e. The van der Waals surface area contributed by atoms with Gasteiger partial charge in [-0.1, -0.05) is 23.7 Å². The molecule has 0 aliphatic carbocycles. The van der Waals surface area contributed by atoms with E-state index in [1.54, 1.807) is 36.4 Å². The van der Waals surface area contributed by atoms with Crippen molar-refractivity contribution < 1.29 is 24.9 Å². The lowest BCUT2D eigenvalue weighted by Crippen LogP contribution is -2.44. The Kier molecular flexibility index (Phi) is 6.65. The van der Waals surface area contributed by atoms with Crippen molar-refractivity contribution in [1.82, 2.24) is 9.88 Å². The van der Waals surface area contributed by atoms with Gasteiger partial charge in [0.25, 0.3) is 17.4 Å². The molecule has 0 spiro atoms. The number of aliphatic hydroxyl groups excluding tert-OH is 3. The lowest BCUT2D eigenvalue weighted by molar-refractivity contribution is 0.0418. The Labute approximate surface area is 215 Å². The van der Waals surface area contributed by atoms with Gasteiger partial charge < -0.3 is 25.6 Å². The van der Waals surface area contributed by atoms with Crippen molar-refractivity contribution in [3.63, 3.8) is 0 Å². The monoisotopic (exact) mass is 522 g/mol. The number of aromatic amines is 1. The highest BCUT2D eigenvalue weighted by Gasteiger charge is 2.41. The standard InChI is InChI=1S/C26H23ClN4O6/c27-15-3-1-2-13(6-15)22(34)10-29-19-4-5-28-24(35)23(19)21-8-14-7-17-18(9-20(14)30-21)26(37)31(25(17)36)16(11-32)12-33/h1-7,9,16,22,32-34H,8,10-12H2,(H2,28,29,35)/t22-/m1/s1. The lowest BCUT2D eigenvalue weighted by atomic mass is 10.00. The summed E-state index contributed by atoms with van der Waals surface area (Å²) in [6.45, 7) is -0.994. The molecule has 5 N–H and O–H groups in total. The van der Waals surface area contributed by atoms with Crippen molar-refractivity contribution in [2.24, 2.45) is 4.99 Å². The van der Waals surface area contributed by atoms with Crippen molar-refractivity contribution in [1.29, 1.82) is 0 Å². The molecular formula is C26H23ClN4O6. The van der Waals surface area contributed by atoms with Gasteiger partial charge in [0.15, 0.2) is 0 Å². The van der Waals surface area contributed by atoms with E-state index < -0.39 is 37.2 Å². The van der Waals surface area contributed by atoms with E-state index in [0.29, 0.717) is 33.2 Å². The predicted molar refractivity (Wildman–Crippen MR) is 137 cm³/mol. The number of pyridine rings is 1. The zero-order valence-electron chi connectivity index (χ0n) is 19.4. The zero-order chi connectivity index (χ0) is 26.3. The fourth-order valence-electron chi connectivity index (χ4n) is 4.60. The highest BCUT2D eigenvalue weighted by atomic mass is 35.5. The fourth-order valence-corrected chi connectivity index (χ4v) is 4.80. The number of rotatable bonds is 8. The van der Waals surface area contributed by atoms with Crippen LogP contribution in [0.1, 0.15) is 43.5 Å². The highest BCUT2D eigenvalue weighted by Crippen LogP contribution is 2.36. The molecule has 2 aliphatic rings. The average molecular weight is 523 g/mol. The van der Waals surface area contributed by atoms with E-state index in [1.807, 2.05) is 0 Å². The number of H-pyrrole nitrogens is 1. The first-order valence-corrected chi connectivity index (χ1v) is 11.9. The van der Waals surface area contributed by atoms with Gasteiger partial charge in [0, 0.05) is 24.2 Å². The van der Waals surface area contributed by atoms with Crippen LogP contribution in [0.3, 0.4) is 0 Å². The van der Waals surface area contributed by atoms with Crippen LogP contribution in [0.2, 0.25) is 5.02 Å². The molecule has 0 fully saturated rings. The minimum atomic E-state index is -1.03. The summed E-state index contributed by atoms with van der Waals surface area (Å²) in [6, 6.07) is 10.6. The number of aromatic nitrogens is 1. The average Bonchev–Trinajstić information content (AvgIpc) is 3.40. The summed E-state index contributed by atoms with van der Waals surface area (Å²) >= 11 is 6.02.